The first-order valence-electron chi connectivity index (χ1n) is 11.0. The van der Waals surface area contributed by atoms with Gasteiger partial charge >= 0.3 is 5.63 Å². The fraction of sp³-hybridized carbons (Fsp3) is 0.400. The SMILES string of the molecule is Cc1c(Cc2ccccc2)c(=O)oc2c(CNCCCN3CCOCC3)c(O)ccc12. The molecule has 2 aromatic carbocycles. The minimum atomic E-state index is -0.340. The third kappa shape index (κ3) is 5.15. The summed E-state index contributed by atoms with van der Waals surface area (Å²) in [5, 5.41) is 14.7. The quantitative estimate of drug-likeness (QED) is 0.429. The first kappa shape index (κ1) is 21.6. The molecule has 3 aromatic rings. The van der Waals surface area contributed by atoms with Crippen LogP contribution in [0.15, 0.2) is 51.7 Å². The molecule has 4 rings (SSSR count). The topological polar surface area (TPSA) is 74.9 Å². The van der Waals surface area contributed by atoms with E-state index in [-0.39, 0.29) is 11.4 Å². The molecule has 0 unspecified atom stereocenters. The van der Waals surface area contributed by atoms with Crippen molar-refractivity contribution in [3.05, 3.63) is 75.1 Å². The highest BCUT2D eigenvalue weighted by atomic mass is 16.5. The van der Waals surface area contributed by atoms with Crippen molar-refractivity contribution in [3.8, 4) is 5.75 Å². The first-order valence-corrected chi connectivity index (χ1v) is 11.0. The highest BCUT2D eigenvalue weighted by Crippen LogP contribution is 2.30. The number of morpholine rings is 1. The molecule has 0 aliphatic carbocycles. The summed E-state index contributed by atoms with van der Waals surface area (Å²) in [6, 6.07) is 13.4. The lowest BCUT2D eigenvalue weighted by Gasteiger charge is -2.26. The number of aromatic hydroxyl groups is 1. The zero-order chi connectivity index (χ0) is 21.6. The van der Waals surface area contributed by atoms with E-state index in [1.807, 2.05) is 43.3 Å². The Balaban J connectivity index is 1.48. The molecule has 6 nitrogen and oxygen atoms in total. The summed E-state index contributed by atoms with van der Waals surface area (Å²) >= 11 is 0. The number of hydrogen-bond acceptors (Lipinski definition) is 6. The summed E-state index contributed by atoms with van der Waals surface area (Å²) in [6.07, 6.45) is 1.54. The van der Waals surface area contributed by atoms with Crippen molar-refractivity contribution < 1.29 is 14.3 Å². The second kappa shape index (κ2) is 10.1. The maximum Gasteiger partial charge on any atom is 0.340 e. The monoisotopic (exact) mass is 422 g/mol. The molecule has 6 heteroatoms. The molecular formula is C25H30N2O4. The van der Waals surface area contributed by atoms with Crippen molar-refractivity contribution in [3.63, 3.8) is 0 Å². The van der Waals surface area contributed by atoms with Gasteiger partial charge in [0.15, 0.2) is 0 Å². The van der Waals surface area contributed by atoms with Gasteiger partial charge in [-0.25, -0.2) is 4.79 Å². The Kier molecular flexibility index (Phi) is 7.02. The number of phenolic OH excluding ortho intramolecular Hbond substituents is 1. The molecule has 2 N–H and O–H groups in total. The van der Waals surface area contributed by atoms with Gasteiger partial charge in [-0.2, -0.15) is 0 Å². The standard InChI is InChI=1S/C25H30N2O4/c1-18-20-8-9-23(28)22(17-26-10-5-11-27-12-14-30-15-13-27)24(20)31-25(29)21(18)16-19-6-3-2-4-7-19/h2-4,6-9,26,28H,5,10-17H2,1H3. The lowest BCUT2D eigenvalue weighted by atomic mass is 9.98. The summed E-state index contributed by atoms with van der Waals surface area (Å²) in [4.78, 5) is 15.2. The third-order valence-corrected chi connectivity index (χ3v) is 5.99. The number of benzene rings is 2. The van der Waals surface area contributed by atoms with E-state index in [0.717, 1.165) is 62.3 Å². The molecule has 0 saturated carbocycles. The van der Waals surface area contributed by atoms with E-state index in [9.17, 15) is 9.90 Å². The number of rotatable bonds is 8. The van der Waals surface area contributed by atoms with E-state index < -0.39 is 0 Å². The van der Waals surface area contributed by atoms with Crippen LogP contribution >= 0.6 is 0 Å². The van der Waals surface area contributed by atoms with Crippen LogP contribution in [0.4, 0.5) is 0 Å². The Morgan fingerprint density at radius 2 is 1.84 bits per heavy atom. The molecular weight excluding hydrogens is 392 g/mol. The summed E-state index contributed by atoms with van der Waals surface area (Å²) in [5.74, 6) is 0.145. The van der Waals surface area contributed by atoms with Crippen molar-refractivity contribution in [2.75, 3.05) is 39.4 Å². The molecule has 1 aliphatic heterocycles. The van der Waals surface area contributed by atoms with Crippen LogP contribution in [0.1, 0.15) is 28.7 Å². The van der Waals surface area contributed by atoms with E-state index in [0.29, 0.717) is 29.7 Å². The van der Waals surface area contributed by atoms with Gasteiger partial charge in [-0.1, -0.05) is 30.3 Å². The molecule has 0 amide bonds. The molecule has 2 heterocycles. The second-order valence-corrected chi connectivity index (χ2v) is 8.08. The van der Waals surface area contributed by atoms with Crippen LogP contribution < -0.4 is 10.9 Å². The maximum atomic E-state index is 12.8. The van der Waals surface area contributed by atoms with Crippen molar-refractivity contribution in [1.82, 2.24) is 10.2 Å². The van der Waals surface area contributed by atoms with E-state index in [4.69, 9.17) is 9.15 Å². The van der Waals surface area contributed by atoms with Gasteiger partial charge in [0.2, 0.25) is 0 Å². The number of phenols is 1. The molecule has 0 radical (unpaired) electrons. The van der Waals surface area contributed by atoms with Gasteiger partial charge in [-0.15, -0.1) is 0 Å². The number of hydrogen-bond donors (Lipinski definition) is 2. The predicted octanol–water partition coefficient (Wildman–Crippen LogP) is 3.21. The normalized spacial score (nSPS) is 14.9. The average Bonchev–Trinajstić information content (AvgIpc) is 2.79. The van der Waals surface area contributed by atoms with Gasteiger partial charge < -0.3 is 19.6 Å². The summed E-state index contributed by atoms with van der Waals surface area (Å²) in [7, 11) is 0. The molecule has 1 aromatic heterocycles. The smallest absolute Gasteiger partial charge is 0.340 e. The third-order valence-electron chi connectivity index (χ3n) is 5.99. The van der Waals surface area contributed by atoms with Crippen LogP contribution in [-0.4, -0.2) is 49.4 Å². The molecule has 164 valence electrons. The average molecular weight is 423 g/mol. The van der Waals surface area contributed by atoms with Crippen molar-refractivity contribution >= 4 is 11.0 Å². The Morgan fingerprint density at radius 1 is 1.06 bits per heavy atom. The maximum absolute atomic E-state index is 12.8. The van der Waals surface area contributed by atoms with Gasteiger partial charge in [0.25, 0.3) is 0 Å². The van der Waals surface area contributed by atoms with Crippen LogP contribution in [0.2, 0.25) is 0 Å². The molecule has 31 heavy (non-hydrogen) atoms. The van der Waals surface area contributed by atoms with Crippen LogP contribution in [0.3, 0.4) is 0 Å². The number of fused-ring (bicyclic) bond motifs is 1. The van der Waals surface area contributed by atoms with Crippen molar-refractivity contribution in [1.29, 1.82) is 0 Å². The fourth-order valence-electron chi connectivity index (χ4n) is 4.14. The van der Waals surface area contributed by atoms with Crippen molar-refractivity contribution in [2.45, 2.75) is 26.3 Å². The summed E-state index contributed by atoms with van der Waals surface area (Å²) < 4.78 is 11.1. The Bertz CT molecular complexity index is 1070. The van der Waals surface area contributed by atoms with Crippen molar-refractivity contribution in [2.24, 2.45) is 0 Å². The van der Waals surface area contributed by atoms with E-state index in [2.05, 4.69) is 10.2 Å². The van der Waals surface area contributed by atoms with Gasteiger partial charge in [0.05, 0.1) is 18.8 Å². The highest BCUT2D eigenvalue weighted by Gasteiger charge is 2.17. The Morgan fingerprint density at radius 3 is 2.61 bits per heavy atom. The molecule has 1 aliphatic rings. The number of nitrogens with one attached hydrogen (secondary N) is 1. The Hall–Kier alpha value is -2.67. The molecule has 0 bridgehead atoms. The van der Waals surface area contributed by atoms with Gasteiger partial charge in [-0.05, 0) is 49.7 Å². The Labute approximate surface area is 182 Å². The van der Waals surface area contributed by atoms with Gasteiger partial charge in [0, 0.05) is 37.0 Å². The van der Waals surface area contributed by atoms with Gasteiger partial charge in [-0.3, -0.25) is 4.90 Å². The van der Waals surface area contributed by atoms with Gasteiger partial charge in [0.1, 0.15) is 11.3 Å². The van der Waals surface area contributed by atoms with Crippen LogP contribution in [0.25, 0.3) is 11.0 Å². The number of ether oxygens (including phenoxy) is 1. The largest absolute Gasteiger partial charge is 0.507 e. The molecule has 1 fully saturated rings. The summed E-state index contributed by atoms with van der Waals surface area (Å²) in [5.41, 5.74) is 3.40. The highest BCUT2D eigenvalue weighted by molar-refractivity contribution is 5.85. The zero-order valence-corrected chi connectivity index (χ0v) is 18.0. The minimum absolute atomic E-state index is 0.145. The molecule has 0 spiro atoms. The lowest BCUT2D eigenvalue weighted by molar-refractivity contribution is 0.0374. The lowest BCUT2D eigenvalue weighted by Crippen LogP contribution is -2.37. The van der Waals surface area contributed by atoms with E-state index >= 15 is 0 Å². The fourth-order valence-corrected chi connectivity index (χ4v) is 4.14. The van der Waals surface area contributed by atoms with E-state index in [1.54, 1.807) is 6.07 Å². The van der Waals surface area contributed by atoms with Crippen LogP contribution in [-0.2, 0) is 17.7 Å². The first-order chi connectivity index (χ1) is 15.1. The zero-order valence-electron chi connectivity index (χ0n) is 18.0. The van der Waals surface area contributed by atoms with E-state index in [1.165, 1.54) is 0 Å². The minimum Gasteiger partial charge on any atom is -0.507 e. The molecule has 0 atom stereocenters. The number of nitrogens with zero attached hydrogens (tertiary/aromatic N) is 1. The van der Waals surface area contributed by atoms with Crippen LogP contribution in [0, 0.1) is 6.92 Å². The number of aryl methyl sites for hydroxylation is 1. The van der Waals surface area contributed by atoms with Crippen LogP contribution in [0.5, 0.6) is 5.75 Å². The summed E-state index contributed by atoms with van der Waals surface area (Å²) in [6.45, 7) is 7.84. The molecule has 1 saturated heterocycles. The second-order valence-electron chi connectivity index (χ2n) is 8.08. The predicted molar refractivity (Wildman–Crippen MR) is 122 cm³/mol.